The minimum Gasteiger partial charge on any atom is -0.337 e. The Morgan fingerprint density at radius 1 is 1.19 bits per heavy atom. The molecule has 2 aromatic rings. The number of hydrogen-bond acceptors (Lipinski definition) is 3. The van der Waals surface area contributed by atoms with Crippen molar-refractivity contribution >= 4 is 43.5 Å². The van der Waals surface area contributed by atoms with Crippen molar-refractivity contribution in [3.63, 3.8) is 0 Å². The molecule has 1 aliphatic heterocycles. The van der Waals surface area contributed by atoms with E-state index in [9.17, 15) is 13.2 Å². The SMILES string of the molecule is O=C(c1ccccc1)N1CCCC(NS(=O)(=O)c2ccc(Br)cc2Cl)C1. The van der Waals surface area contributed by atoms with Crippen LogP contribution in [0.4, 0.5) is 0 Å². The lowest BCUT2D eigenvalue weighted by Gasteiger charge is -2.33. The Hall–Kier alpha value is -1.41. The topological polar surface area (TPSA) is 66.5 Å². The van der Waals surface area contributed by atoms with Gasteiger partial charge in [0.15, 0.2) is 0 Å². The minimum atomic E-state index is -3.76. The number of carbonyl (C=O) groups excluding carboxylic acids is 1. The maximum absolute atomic E-state index is 12.7. The average Bonchev–Trinajstić information content (AvgIpc) is 2.61. The molecule has 26 heavy (non-hydrogen) atoms. The van der Waals surface area contributed by atoms with Crippen LogP contribution < -0.4 is 4.72 Å². The van der Waals surface area contributed by atoms with E-state index in [4.69, 9.17) is 11.6 Å². The van der Waals surface area contributed by atoms with E-state index in [1.54, 1.807) is 29.2 Å². The molecule has 1 heterocycles. The molecule has 1 saturated heterocycles. The molecule has 0 radical (unpaired) electrons. The molecule has 1 unspecified atom stereocenters. The molecule has 138 valence electrons. The average molecular weight is 458 g/mol. The molecule has 3 rings (SSSR count). The smallest absolute Gasteiger partial charge is 0.253 e. The zero-order chi connectivity index (χ0) is 18.7. The summed E-state index contributed by atoms with van der Waals surface area (Å²) in [6, 6.07) is 13.3. The van der Waals surface area contributed by atoms with Crippen molar-refractivity contribution in [2.45, 2.75) is 23.8 Å². The number of nitrogens with one attached hydrogen (secondary N) is 1. The first kappa shape index (κ1) is 19.4. The first-order valence-corrected chi connectivity index (χ1v) is 10.8. The van der Waals surface area contributed by atoms with Gasteiger partial charge in [-0.1, -0.05) is 45.7 Å². The first-order chi connectivity index (χ1) is 12.4. The van der Waals surface area contributed by atoms with Crippen molar-refractivity contribution in [1.82, 2.24) is 9.62 Å². The van der Waals surface area contributed by atoms with Crippen LogP contribution in [0.1, 0.15) is 23.2 Å². The molecule has 5 nitrogen and oxygen atoms in total. The summed E-state index contributed by atoms with van der Waals surface area (Å²) in [5.74, 6) is -0.0869. The molecule has 0 saturated carbocycles. The van der Waals surface area contributed by atoms with Gasteiger partial charge in [0.25, 0.3) is 5.91 Å². The second-order valence-electron chi connectivity index (χ2n) is 6.15. The van der Waals surface area contributed by atoms with Crippen LogP contribution in [0, 0.1) is 0 Å². The van der Waals surface area contributed by atoms with E-state index in [-0.39, 0.29) is 21.9 Å². The second-order valence-corrected chi connectivity index (χ2v) is 9.16. The molecule has 1 atom stereocenters. The normalized spacial score (nSPS) is 17.9. The van der Waals surface area contributed by atoms with Gasteiger partial charge in [-0.2, -0.15) is 0 Å². The molecule has 1 fully saturated rings. The molecule has 0 spiro atoms. The van der Waals surface area contributed by atoms with Crippen LogP contribution in [-0.2, 0) is 10.0 Å². The lowest BCUT2D eigenvalue weighted by molar-refractivity contribution is 0.0703. The van der Waals surface area contributed by atoms with Crippen molar-refractivity contribution in [3.8, 4) is 0 Å². The Labute approximate surface area is 166 Å². The van der Waals surface area contributed by atoms with Gasteiger partial charge in [0.05, 0.1) is 5.02 Å². The minimum absolute atomic E-state index is 0.0360. The van der Waals surface area contributed by atoms with Crippen LogP contribution in [0.15, 0.2) is 57.9 Å². The molecule has 2 aromatic carbocycles. The third-order valence-electron chi connectivity index (χ3n) is 4.23. The fraction of sp³-hybridized carbons (Fsp3) is 0.278. The fourth-order valence-electron chi connectivity index (χ4n) is 3.00. The molecule has 8 heteroatoms. The Bertz CT molecular complexity index is 906. The van der Waals surface area contributed by atoms with Crippen LogP contribution >= 0.6 is 27.5 Å². The van der Waals surface area contributed by atoms with E-state index in [2.05, 4.69) is 20.7 Å². The quantitative estimate of drug-likeness (QED) is 0.761. The number of hydrogen-bond donors (Lipinski definition) is 1. The van der Waals surface area contributed by atoms with Crippen molar-refractivity contribution in [2.75, 3.05) is 13.1 Å². The lowest BCUT2D eigenvalue weighted by atomic mass is 10.1. The van der Waals surface area contributed by atoms with Crippen LogP contribution in [-0.4, -0.2) is 38.4 Å². The number of carbonyl (C=O) groups is 1. The van der Waals surface area contributed by atoms with Gasteiger partial charge >= 0.3 is 0 Å². The van der Waals surface area contributed by atoms with Crippen molar-refractivity contribution in [3.05, 3.63) is 63.6 Å². The third-order valence-corrected chi connectivity index (χ3v) is 6.73. The summed E-state index contributed by atoms with van der Waals surface area (Å²) in [5.41, 5.74) is 0.604. The van der Waals surface area contributed by atoms with Gasteiger partial charge in [0, 0.05) is 29.2 Å². The summed E-state index contributed by atoms with van der Waals surface area (Å²) in [4.78, 5) is 14.3. The van der Waals surface area contributed by atoms with E-state index in [1.165, 1.54) is 6.07 Å². The van der Waals surface area contributed by atoms with Crippen molar-refractivity contribution in [2.24, 2.45) is 0 Å². The summed E-state index contributed by atoms with van der Waals surface area (Å²) < 4.78 is 28.7. The summed E-state index contributed by atoms with van der Waals surface area (Å²) >= 11 is 9.34. The van der Waals surface area contributed by atoms with Crippen molar-refractivity contribution in [1.29, 1.82) is 0 Å². The summed E-state index contributed by atoms with van der Waals surface area (Å²) in [6.07, 6.45) is 1.41. The number of halogens is 2. The van der Waals surface area contributed by atoms with E-state index in [0.717, 1.165) is 6.42 Å². The van der Waals surface area contributed by atoms with Gasteiger partial charge in [0.1, 0.15) is 4.90 Å². The predicted molar refractivity (Wildman–Crippen MR) is 105 cm³/mol. The number of amides is 1. The zero-order valence-electron chi connectivity index (χ0n) is 13.9. The Balaban J connectivity index is 1.73. The maximum Gasteiger partial charge on any atom is 0.253 e. The maximum atomic E-state index is 12.7. The van der Waals surface area contributed by atoms with Crippen LogP contribution in [0.3, 0.4) is 0 Å². The number of rotatable bonds is 4. The Morgan fingerprint density at radius 2 is 1.92 bits per heavy atom. The molecular formula is C18H18BrClN2O3S. The molecular weight excluding hydrogens is 440 g/mol. The third kappa shape index (κ3) is 4.46. The number of likely N-dealkylation sites (tertiary alicyclic amines) is 1. The highest BCUT2D eigenvalue weighted by molar-refractivity contribution is 9.10. The highest BCUT2D eigenvalue weighted by atomic mass is 79.9. The largest absolute Gasteiger partial charge is 0.337 e. The van der Waals surface area contributed by atoms with Crippen molar-refractivity contribution < 1.29 is 13.2 Å². The van der Waals surface area contributed by atoms with E-state index < -0.39 is 10.0 Å². The summed E-state index contributed by atoms with van der Waals surface area (Å²) in [7, 11) is -3.76. The molecule has 0 aliphatic carbocycles. The highest BCUT2D eigenvalue weighted by Gasteiger charge is 2.29. The molecule has 0 aromatic heterocycles. The van der Waals surface area contributed by atoms with Crippen LogP contribution in [0.5, 0.6) is 0 Å². The monoisotopic (exact) mass is 456 g/mol. The molecule has 1 amide bonds. The van der Waals surface area contributed by atoms with Crippen LogP contribution in [0.25, 0.3) is 0 Å². The van der Waals surface area contributed by atoms with Gasteiger partial charge < -0.3 is 4.90 Å². The molecule has 1 aliphatic rings. The fourth-order valence-corrected chi connectivity index (χ4v) is 5.30. The van der Waals surface area contributed by atoms with Gasteiger partial charge in [-0.05, 0) is 43.2 Å². The second kappa shape index (κ2) is 8.08. The summed E-state index contributed by atoms with van der Waals surface area (Å²) in [5, 5.41) is 0.153. The standard InChI is InChI=1S/C18H18BrClN2O3S/c19-14-8-9-17(16(20)11-14)26(24,25)21-15-7-4-10-22(12-15)18(23)13-5-2-1-3-6-13/h1-3,5-6,8-9,11,15,21H,4,7,10,12H2. The van der Waals surface area contributed by atoms with E-state index >= 15 is 0 Å². The van der Waals surface area contributed by atoms with Gasteiger partial charge in [-0.15, -0.1) is 0 Å². The van der Waals surface area contributed by atoms with E-state index in [0.29, 0.717) is 29.5 Å². The van der Waals surface area contributed by atoms with E-state index in [1.807, 2.05) is 18.2 Å². The number of sulfonamides is 1. The molecule has 0 bridgehead atoms. The number of benzene rings is 2. The highest BCUT2D eigenvalue weighted by Crippen LogP contribution is 2.26. The first-order valence-electron chi connectivity index (χ1n) is 8.18. The zero-order valence-corrected chi connectivity index (χ0v) is 17.0. The predicted octanol–water partition coefficient (Wildman–Crippen LogP) is 3.69. The van der Waals surface area contributed by atoms with Crippen LogP contribution in [0.2, 0.25) is 5.02 Å². The van der Waals surface area contributed by atoms with Gasteiger partial charge in [-0.3, -0.25) is 4.79 Å². The van der Waals surface area contributed by atoms with Gasteiger partial charge in [-0.25, -0.2) is 13.1 Å². The Morgan fingerprint density at radius 3 is 2.62 bits per heavy atom. The molecule has 1 N–H and O–H groups in total. The van der Waals surface area contributed by atoms with Gasteiger partial charge in [0.2, 0.25) is 10.0 Å². The number of piperidine rings is 1. The Kier molecular flexibility index (Phi) is 6.02. The lowest BCUT2D eigenvalue weighted by Crippen LogP contribution is -2.49. The number of nitrogens with zero attached hydrogens (tertiary/aromatic N) is 1. The summed E-state index contributed by atoms with van der Waals surface area (Å²) in [6.45, 7) is 0.950.